The fraction of sp³-hybridized carbons (Fsp3) is 0.600. The first kappa shape index (κ1) is 16.2. The lowest BCUT2D eigenvalue weighted by atomic mass is 10.0. The molecule has 2 heterocycles. The van der Waals surface area contributed by atoms with Crippen molar-refractivity contribution in [2.75, 3.05) is 29.5 Å². The minimum atomic E-state index is -2.86. The Kier molecular flexibility index (Phi) is 4.54. The number of hydrogen-bond donors (Lipinski definition) is 1. The molecule has 2 saturated heterocycles. The largest absolute Gasteiger partial charge is 0.366 e. The van der Waals surface area contributed by atoms with E-state index in [1.54, 1.807) is 12.1 Å². The lowest BCUT2D eigenvalue weighted by Crippen LogP contribution is -2.46. The number of nitrogens with one attached hydrogen (secondary N) is 1. The minimum absolute atomic E-state index is 0.0580. The monoisotopic (exact) mass is 339 g/mol. The second kappa shape index (κ2) is 6.45. The average molecular weight is 339 g/mol. The quantitative estimate of drug-likeness (QED) is 0.657. The van der Waals surface area contributed by atoms with Crippen LogP contribution in [0.3, 0.4) is 0 Å². The van der Waals surface area contributed by atoms with E-state index in [4.69, 9.17) is 0 Å². The van der Waals surface area contributed by atoms with Crippen molar-refractivity contribution in [3.8, 4) is 0 Å². The number of hydrogen-bond acceptors (Lipinski definition) is 6. The first-order valence-corrected chi connectivity index (χ1v) is 9.71. The van der Waals surface area contributed by atoms with Gasteiger partial charge in [0.25, 0.3) is 5.69 Å². The summed E-state index contributed by atoms with van der Waals surface area (Å²) in [6.07, 6.45) is 2.41. The molecule has 0 spiro atoms. The van der Waals surface area contributed by atoms with Crippen molar-refractivity contribution in [2.24, 2.45) is 0 Å². The zero-order chi connectivity index (χ0) is 16.4. The molecular weight excluding hydrogens is 318 g/mol. The summed E-state index contributed by atoms with van der Waals surface area (Å²) in [4.78, 5) is 12.8. The fourth-order valence-electron chi connectivity index (χ4n) is 3.43. The van der Waals surface area contributed by atoms with Gasteiger partial charge in [-0.3, -0.25) is 10.1 Å². The van der Waals surface area contributed by atoms with Crippen molar-refractivity contribution in [1.29, 1.82) is 0 Å². The molecule has 126 valence electrons. The molecule has 0 bridgehead atoms. The smallest absolute Gasteiger partial charge is 0.292 e. The van der Waals surface area contributed by atoms with Crippen LogP contribution in [0.1, 0.15) is 19.3 Å². The van der Waals surface area contributed by atoms with E-state index in [0.29, 0.717) is 12.1 Å². The Morgan fingerprint density at radius 2 is 1.83 bits per heavy atom. The first-order valence-electron chi connectivity index (χ1n) is 7.89. The van der Waals surface area contributed by atoms with Crippen LogP contribution in [-0.4, -0.2) is 50.0 Å². The van der Waals surface area contributed by atoms with Gasteiger partial charge in [-0.1, -0.05) is 12.1 Å². The Labute approximate surface area is 135 Å². The van der Waals surface area contributed by atoms with Gasteiger partial charge in [0, 0.05) is 31.2 Å². The molecule has 8 heteroatoms. The third kappa shape index (κ3) is 3.81. The van der Waals surface area contributed by atoms with Gasteiger partial charge >= 0.3 is 0 Å². The number of nitro benzene ring substituents is 1. The van der Waals surface area contributed by atoms with Gasteiger partial charge in [0.15, 0.2) is 9.84 Å². The van der Waals surface area contributed by atoms with Gasteiger partial charge in [0.1, 0.15) is 5.69 Å². The van der Waals surface area contributed by atoms with Crippen LogP contribution in [0.25, 0.3) is 0 Å². The summed E-state index contributed by atoms with van der Waals surface area (Å²) in [6, 6.07) is 7.15. The average Bonchev–Trinajstić information content (AvgIpc) is 2.87. The molecule has 0 saturated carbocycles. The molecule has 3 rings (SSSR count). The van der Waals surface area contributed by atoms with Crippen molar-refractivity contribution < 1.29 is 13.3 Å². The number of sulfone groups is 1. The van der Waals surface area contributed by atoms with E-state index in [1.807, 2.05) is 11.0 Å². The molecule has 0 unspecified atom stereocenters. The predicted molar refractivity (Wildman–Crippen MR) is 88.5 cm³/mol. The van der Waals surface area contributed by atoms with Crippen LogP contribution in [0.2, 0.25) is 0 Å². The van der Waals surface area contributed by atoms with Gasteiger partial charge < -0.3 is 10.2 Å². The molecule has 2 aliphatic rings. The molecule has 1 atom stereocenters. The van der Waals surface area contributed by atoms with Crippen LogP contribution in [0.15, 0.2) is 24.3 Å². The highest BCUT2D eigenvalue weighted by atomic mass is 32.2. The summed E-state index contributed by atoms with van der Waals surface area (Å²) in [5.41, 5.74) is 0.806. The van der Waals surface area contributed by atoms with Gasteiger partial charge in [-0.25, -0.2) is 8.42 Å². The number of para-hydroxylation sites is 2. The van der Waals surface area contributed by atoms with Gasteiger partial charge in [0.05, 0.1) is 16.4 Å². The van der Waals surface area contributed by atoms with Crippen molar-refractivity contribution in [3.63, 3.8) is 0 Å². The third-order valence-electron chi connectivity index (χ3n) is 4.62. The number of nitrogens with zero attached hydrogens (tertiary/aromatic N) is 2. The van der Waals surface area contributed by atoms with E-state index in [2.05, 4.69) is 5.32 Å². The molecule has 23 heavy (non-hydrogen) atoms. The maximum atomic E-state index is 11.5. The molecule has 0 radical (unpaired) electrons. The number of anilines is 1. The van der Waals surface area contributed by atoms with Crippen LogP contribution in [0, 0.1) is 10.1 Å². The van der Waals surface area contributed by atoms with E-state index in [9.17, 15) is 18.5 Å². The second-order valence-corrected chi connectivity index (χ2v) is 8.50. The van der Waals surface area contributed by atoms with Crippen molar-refractivity contribution in [3.05, 3.63) is 34.4 Å². The highest BCUT2D eigenvalue weighted by Crippen LogP contribution is 2.30. The van der Waals surface area contributed by atoms with E-state index < -0.39 is 9.84 Å². The molecule has 0 amide bonds. The Morgan fingerprint density at radius 3 is 2.43 bits per heavy atom. The highest BCUT2D eigenvalue weighted by molar-refractivity contribution is 7.91. The zero-order valence-corrected chi connectivity index (χ0v) is 13.7. The van der Waals surface area contributed by atoms with E-state index in [1.165, 1.54) is 6.07 Å². The van der Waals surface area contributed by atoms with Crippen LogP contribution < -0.4 is 10.2 Å². The lowest BCUT2D eigenvalue weighted by Gasteiger charge is -2.34. The second-order valence-electron chi connectivity index (χ2n) is 6.27. The van der Waals surface area contributed by atoms with Crippen LogP contribution >= 0.6 is 0 Å². The molecule has 2 aliphatic heterocycles. The number of benzene rings is 1. The maximum absolute atomic E-state index is 11.5. The highest BCUT2D eigenvalue weighted by Gasteiger charge is 2.31. The Hall–Kier alpha value is -1.67. The maximum Gasteiger partial charge on any atom is 0.292 e. The summed E-state index contributed by atoms with van der Waals surface area (Å²) in [7, 11) is -2.86. The number of rotatable bonds is 4. The summed E-state index contributed by atoms with van der Waals surface area (Å²) in [5.74, 6) is 0.511. The van der Waals surface area contributed by atoms with Gasteiger partial charge in [-0.2, -0.15) is 0 Å². The predicted octanol–water partition coefficient (Wildman–Crippen LogP) is 1.34. The van der Waals surface area contributed by atoms with Crippen LogP contribution in [0.4, 0.5) is 11.4 Å². The molecule has 7 nitrogen and oxygen atoms in total. The standard InChI is InChI=1S/C15H21N3O4S/c19-18(20)15-4-2-1-3-14(15)17-8-5-12(6-9-17)16-13-7-10-23(21,22)11-13/h1-4,12-13,16H,5-11H2/t13-/m0/s1. The topological polar surface area (TPSA) is 92.6 Å². The first-order chi connectivity index (χ1) is 10.9. The Balaban J connectivity index is 1.58. The minimum Gasteiger partial charge on any atom is -0.366 e. The lowest BCUT2D eigenvalue weighted by molar-refractivity contribution is -0.384. The molecule has 0 aliphatic carbocycles. The molecule has 1 aromatic carbocycles. The Bertz CT molecular complexity index is 684. The number of piperidine rings is 1. The molecule has 1 aromatic rings. The van der Waals surface area contributed by atoms with Gasteiger partial charge in [-0.15, -0.1) is 0 Å². The van der Waals surface area contributed by atoms with Crippen LogP contribution in [0.5, 0.6) is 0 Å². The summed E-state index contributed by atoms with van der Waals surface area (Å²) >= 11 is 0. The van der Waals surface area contributed by atoms with Gasteiger partial charge in [-0.05, 0) is 25.3 Å². The molecular formula is C15H21N3O4S. The van der Waals surface area contributed by atoms with Crippen molar-refractivity contribution in [1.82, 2.24) is 5.32 Å². The molecule has 2 fully saturated rings. The summed E-state index contributed by atoms with van der Waals surface area (Å²) in [6.45, 7) is 1.48. The normalized spacial score (nSPS) is 24.7. The summed E-state index contributed by atoms with van der Waals surface area (Å²) < 4.78 is 23.0. The van der Waals surface area contributed by atoms with Crippen molar-refractivity contribution in [2.45, 2.75) is 31.3 Å². The van der Waals surface area contributed by atoms with E-state index in [-0.39, 0.29) is 34.2 Å². The summed E-state index contributed by atoms with van der Waals surface area (Å²) in [5, 5.41) is 14.6. The zero-order valence-electron chi connectivity index (χ0n) is 12.8. The number of nitro groups is 1. The van der Waals surface area contributed by atoms with Crippen LogP contribution in [-0.2, 0) is 9.84 Å². The third-order valence-corrected chi connectivity index (χ3v) is 6.39. The van der Waals surface area contributed by atoms with E-state index >= 15 is 0 Å². The van der Waals surface area contributed by atoms with Gasteiger partial charge in [0.2, 0.25) is 0 Å². The SMILES string of the molecule is O=[N+]([O-])c1ccccc1N1CCC(N[C@H]2CCS(=O)(=O)C2)CC1. The van der Waals surface area contributed by atoms with E-state index in [0.717, 1.165) is 25.9 Å². The molecule has 1 N–H and O–H groups in total. The fourth-order valence-corrected chi connectivity index (χ4v) is 5.12. The van der Waals surface area contributed by atoms with Crippen molar-refractivity contribution >= 4 is 21.2 Å². The Morgan fingerprint density at radius 1 is 1.13 bits per heavy atom. The molecule has 0 aromatic heterocycles.